The predicted molar refractivity (Wildman–Crippen MR) is 154 cm³/mol. The van der Waals surface area contributed by atoms with Crippen LogP contribution >= 0.6 is 12.2 Å². The van der Waals surface area contributed by atoms with Crippen molar-refractivity contribution in [1.82, 2.24) is 16.1 Å². The van der Waals surface area contributed by atoms with Crippen molar-refractivity contribution in [3.8, 4) is 17.1 Å². The molecule has 1 aliphatic rings. The number of aryl methyl sites for hydroxylation is 1. The third-order valence-corrected chi connectivity index (χ3v) is 6.20. The van der Waals surface area contributed by atoms with Gasteiger partial charge in [-0.2, -0.15) is 5.10 Å². The van der Waals surface area contributed by atoms with Crippen molar-refractivity contribution in [3.63, 3.8) is 0 Å². The lowest BCUT2D eigenvalue weighted by atomic mass is 9.95. The maximum atomic E-state index is 12.7. The highest BCUT2D eigenvalue weighted by Gasteiger charge is 2.32. The van der Waals surface area contributed by atoms with Crippen molar-refractivity contribution in [2.45, 2.75) is 26.8 Å². The summed E-state index contributed by atoms with van der Waals surface area (Å²) in [5, 5.41) is 21.6. The second-order valence-corrected chi connectivity index (χ2v) is 9.30. The van der Waals surface area contributed by atoms with Gasteiger partial charge in [-0.1, -0.05) is 24.3 Å². The number of hydrazone groups is 1. The van der Waals surface area contributed by atoms with Gasteiger partial charge in [0.05, 0.1) is 34.9 Å². The summed E-state index contributed by atoms with van der Waals surface area (Å²) in [5.74, 6) is -0.121. The van der Waals surface area contributed by atoms with Gasteiger partial charge in [0.15, 0.2) is 11.7 Å². The van der Waals surface area contributed by atoms with Gasteiger partial charge >= 0.3 is 5.97 Å². The molecule has 1 atom stereocenters. The normalized spacial score (nSPS) is 14.8. The topological polar surface area (TPSA) is 157 Å². The summed E-state index contributed by atoms with van der Waals surface area (Å²) >= 11 is 5.29. The number of hydrogen-bond acceptors (Lipinski definition) is 9. The maximum Gasteiger partial charge on any atom is 0.338 e. The first kappa shape index (κ1) is 29.0. The van der Waals surface area contributed by atoms with Gasteiger partial charge in [-0.3, -0.25) is 14.9 Å². The first-order chi connectivity index (χ1) is 19.7. The van der Waals surface area contributed by atoms with Gasteiger partial charge in [0.25, 0.3) is 11.6 Å². The summed E-state index contributed by atoms with van der Waals surface area (Å²) in [6.07, 6.45) is 1.27. The van der Waals surface area contributed by atoms with Gasteiger partial charge in [-0.15, -0.1) is 0 Å². The van der Waals surface area contributed by atoms with Crippen LogP contribution in [0.3, 0.4) is 0 Å². The summed E-state index contributed by atoms with van der Waals surface area (Å²) in [7, 11) is 0. The molecule has 1 amide bonds. The number of carbonyl (C=O) groups excluding carboxylic acids is 2. The molecule has 0 fully saturated rings. The van der Waals surface area contributed by atoms with Crippen LogP contribution in [-0.2, 0) is 14.3 Å². The fourth-order valence-corrected chi connectivity index (χ4v) is 4.44. The molecule has 1 aromatic heterocycles. The Hall–Kier alpha value is -5.04. The highest BCUT2D eigenvalue weighted by molar-refractivity contribution is 7.80. The van der Waals surface area contributed by atoms with Crippen LogP contribution in [0.15, 0.2) is 75.4 Å². The van der Waals surface area contributed by atoms with E-state index in [0.717, 1.165) is 5.56 Å². The summed E-state index contributed by atoms with van der Waals surface area (Å²) in [6, 6.07) is 14.3. The molecule has 0 bridgehead atoms. The molecule has 3 N–H and O–H groups in total. The van der Waals surface area contributed by atoms with E-state index in [1.807, 2.05) is 0 Å². The number of ether oxygens (including phenoxy) is 2. The van der Waals surface area contributed by atoms with Crippen molar-refractivity contribution in [2.75, 3.05) is 13.2 Å². The van der Waals surface area contributed by atoms with E-state index in [0.29, 0.717) is 39.0 Å². The van der Waals surface area contributed by atoms with E-state index >= 15 is 0 Å². The number of nitrogens with one attached hydrogen (secondary N) is 3. The Morgan fingerprint density at radius 1 is 1.20 bits per heavy atom. The van der Waals surface area contributed by atoms with E-state index in [1.54, 1.807) is 69.3 Å². The number of hydrogen-bond donors (Lipinski definition) is 3. The van der Waals surface area contributed by atoms with Crippen molar-refractivity contribution >= 4 is 41.1 Å². The SMILES string of the molecule is CCOC(=O)C1=C(C)NC(=S)N[C@H]1c1ccccc1OCC(=O)NN=Cc1ccc(-c2ccc(C)cc2[N+](=O)[O-])o1. The van der Waals surface area contributed by atoms with E-state index in [2.05, 4.69) is 21.2 Å². The number of nitro benzene ring substituents is 1. The second kappa shape index (κ2) is 12.9. The minimum Gasteiger partial charge on any atom is -0.483 e. The summed E-state index contributed by atoms with van der Waals surface area (Å²) in [4.78, 5) is 36.1. The van der Waals surface area contributed by atoms with E-state index in [-0.39, 0.29) is 24.7 Å². The molecule has 2 aromatic carbocycles. The zero-order valence-electron chi connectivity index (χ0n) is 22.4. The molecule has 13 heteroatoms. The van der Waals surface area contributed by atoms with Crippen LogP contribution in [0, 0.1) is 17.0 Å². The highest BCUT2D eigenvalue weighted by Crippen LogP contribution is 2.34. The largest absolute Gasteiger partial charge is 0.483 e. The number of esters is 1. The maximum absolute atomic E-state index is 12.7. The molecule has 0 spiro atoms. The van der Waals surface area contributed by atoms with Crippen LogP contribution in [0.5, 0.6) is 5.75 Å². The van der Waals surface area contributed by atoms with E-state index < -0.39 is 22.8 Å². The number of amides is 1. The zero-order valence-corrected chi connectivity index (χ0v) is 23.2. The van der Waals surface area contributed by atoms with Crippen LogP contribution in [0.1, 0.15) is 36.8 Å². The van der Waals surface area contributed by atoms with Crippen LogP contribution in [0.2, 0.25) is 0 Å². The minimum atomic E-state index is -0.655. The first-order valence-corrected chi connectivity index (χ1v) is 12.9. The number of para-hydroxylation sites is 1. The number of allylic oxidation sites excluding steroid dienone is 1. The molecule has 0 radical (unpaired) electrons. The van der Waals surface area contributed by atoms with Gasteiger partial charge in [-0.25, -0.2) is 10.2 Å². The number of nitro groups is 1. The Morgan fingerprint density at radius 3 is 2.73 bits per heavy atom. The number of benzene rings is 2. The molecule has 0 saturated carbocycles. The Morgan fingerprint density at radius 2 is 1.98 bits per heavy atom. The van der Waals surface area contributed by atoms with Crippen molar-refractivity contribution in [2.24, 2.45) is 5.10 Å². The average molecular weight is 578 g/mol. The third-order valence-electron chi connectivity index (χ3n) is 5.98. The Labute approximate surface area is 240 Å². The Kier molecular flexibility index (Phi) is 9.09. The Balaban J connectivity index is 1.41. The number of rotatable bonds is 10. The molecule has 212 valence electrons. The lowest BCUT2D eigenvalue weighted by Gasteiger charge is -2.30. The number of furan rings is 1. The Bertz CT molecular complexity index is 1560. The van der Waals surface area contributed by atoms with Gasteiger partial charge in [0, 0.05) is 17.3 Å². The smallest absolute Gasteiger partial charge is 0.338 e. The lowest BCUT2D eigenvalue weighted by molar-refractivity contribution is -0.384. The fourth-order valence-electron chi connectivity index (χ4n) is 4.17. The van der Waals surface area contributed by atoms with Crippen molar-refractivity contribution < 1.29 is 28.4 Å². The zero-order chi connectivity index (χ0) is 29.5. The number of thiocarbonyl (C=S) groups is 1. The number of carbonyl (C=O) groups is 2. The van der Waals surface area contributed by atoms with E-state index in [4.69, 9.17) is 26.1 Å². The molecule has 12 nitrogen and oxygen atoms in total. The number of nitrogens with zero attached hydrogens (tertiary/aromatic N) is 2. The molecule has 41 heavy (non-hydrogen) atoms. The predicted octanol–water partition coefficient (Wildman–Crippen LogP) is 4.05. The third kappa shape index (κ3) is 6.94. The fraction of sp³-hybridized carbons (Fsp3) is 0.214. The molecule has 0 unspecified atom stereocenters. The second-order valence-electron chi connectivity index (χ2n) is 8.89. The molecule has 2 heterocycles. The standard InChI is InChI=1S/C28H27N5O7S/c1-4-38-27(35)25-17(3)30-28(41)31-26(25)20-7-5-6-8-22(20)39-15-24(34)32-29-14-18-10-12-23(40-18)19-11-9-16(2)13-21(19)33(36)37/h5-14,26H,4,15H2,1-3H3,(H,32,34)(H2,30,31,41)/t26-/m0/s1. The first-order valence-electron chi connectivity index (χ1n) is 12.5. The molecular formula is C28H27N5O7S. The van der Waals surface area contributed by atoms with Crippen molar-refractivity contribution in [3.05, 3.63) is 92.9 Å². The van der Waals surface area contributed by atoms with Crippen LogP contribution in [0.4, 0.5) is 5.69 Å². The van der Waals surface area contributed by atoms with Gasteiger partial charge in [0.1, 0.15) is 17.3 Å². The highest BCUT2D eigenvalue weighted by atomic mass is 32.1. The summed E-state index contributed by atoms with van der Waals surface area (Å²) < 4.78 is 16.7. The average Bonchev–Trinajstić information content (AvgIpc) is 3.40. The summed E-state index contributed by atoms with van der Waals surface area (Å²) in [6.45, 7) is 5.04. The van der Waals surface area contributed by atoms with Gasteiger partial charge in [0.2, 0.25) is 0 Å². The monoisotopic (exact) mass is 577 g/mol. The van der Waals surface area contributed by atoms with E-state index in [1.165, 1.54) is 12.3 Å². The molecule has 3 aromatic rings. The molecular weight excluding hydrogens is 550 g/mol. The molecule has 1 aliphatic heterocycles. The lowest BCUT2D eigenvalue weighted by Crippen LogP contribution is -2.45. The quantitative estimate of drug-likeness (QED) is 0.106. The molecule has 0 aliphatic carbocycles. The van der Waals surface area contributed by atoms with Crippen LogP contribution in [-0.4, -0.2) is 41.3 Å². The van der Waals surface area contributed by atoms with Gasteiger partial charge in [-0.05, 0) is 62.8 Å². The molecule has 0 saturated heterocycles. The van der Waals surface area contributed by atoms with Crippen molar-refractivity contribution in [1.29, 1.82) is 0 Å². The van der Waals surface area contributed by atoms with Crippen LogP contribution < -0.4 is 20.8 Å². The van der Waals surface area contributed by atoms with Gasteiger partial charge < -0.3 is 24.5 Å². The minimum absolute atomic E-state index is 0.0740. The van der Waals surface area contributed by atoms with Crippen LogP contribution in [0.25, 0.3) is 11.3 Å². The summed E-state index contributed by atoms with van der Waals surface area (Å²) in [5.41, 5.74) is 4.85. The van der Waals surface area contributed by atoms with E-state index in [9.17, 15) is 19.7 Å². The molecule has 4 rings (SSSR count).